The minimum absolute atomic E-state index is 0.543. The monoisotopic (exact) mass is 344 g/mol. The normalized spacial score (nSPS) is 21.5. The summed E-state index contributed by atoms with van der Waals surface area (Å²) in [5, 5.41) is 8.81. The minimum atomic E-state index is 0.543. The number of likely N-dealkylation sites (tertiary alicyclic amines) is 1. The van der Waals surface area contributed by atoms with Crippen molar-refractivity contribution in [2.24, 2.45) is 7.05 Å². The lowest BCUT2D eigenvalue weighted by Gasteiger charge is -2.24. The molecular formula is C18H28N6O. The summed E-state index contributed by atoms with van der Waals surface area (Å²) in [6, 6.07) is 0.543. The van der Waals surface area contributed by atoms with Crippen LogP contribution in [-0.4, -0.2) is 55.7 Å². The molecule has 2 aromatic rings. The number of aromatic nitrogens is 4. The fourth-order valence-corrected chi connectivity index (χ4v) is 3.65. The summed E-state index contributed by atoms with van der Waals surface area (Å²) in [5.74, 6) is 4.68. The van der Waals surface area contributed by atoms with Gasteiger partial charge in [0.2, 0.25) is 5.89 Å². The van der Waals surface area contributed by atoms with Gasteiger partial charge < -0.3 is 8.98 Å². The predicted molar refractivity (Wildman–Crippen MR) is 94.0 cm³/mol. The van der Waals surface area contributed by atoms with E-state index in [1.165, 1.54) is 19.3 Å². The number of likely N-dealkylation sites (N-methyl/N-ethyl adjacent to an activating group) is 1. The highest BCUT2D eigenvalue weighted by atomic mass is 16.4. The number of nitrogens with zero attached hydrogens (tertiary/aromatic N) is 6. The van der Waals surface area contributed by atoms with Crippen molar-refractivity contribution >= 4 is 0 Å². The van der Waals surface area contributed by atoms with E-state index in [1.54, 1.807) is 0 Å². The van der Waals surface area contributed by atoms with Crippen LogP contribution < -0.4 is 0 Å². The summed E-state index contributed by atoms with van der Waals surface area (Å²) in [4.78, 5) is 9.22. The zero-order chi connectivity index (χ0) is 17.4. The molecule has 1 atom stereocenters. The number of hydrogen-bond acceptors (Lipinski definition) is 6. The van der Waals surface area contributed by atoms with Gasteiger partial charge in [0, 0.05) is 38.5 Å². The number of rotatable bonds is 7. The molecule has 1 saturated heterocycles. The SMILES string of the molecule is CCc1cnc(CN2CC[C@H](N(C)Cc3nnc(C4CC4)n3C)C2)o1. The molecule has 0 bridgehead atoms. The predicted octanol–water partition coefficient (Wildman–Crippen LogP) is 1.95. The molecule has 0 spiro atoms. The maximum absolute atomic E-state index is 5.74. The molecule has 0 aromatic carbocycles. The van der Waals surface area contributed by atoms with E-state index in [0.29, 0.717) is 12.0 Å². The fourth-order valence-electron chi connectivity index (χ4n) is 3.65. The average Bonchev–Trinajstić information content (AvgIpc) is 3.02. The van der Waals surface area contributed by atoms with E-state index in [1.807, 2.05) is 6.20 Å². The number of hydrogen-bond donors (Lipinski definition) is 0. The molecule has 4 rings (SSSR count). The molecule has 3 heterocycles. The Kier molecular flexibility index (Phi) is 4.60. The summed E-state index contributed by atoms with van der Waals surface area (Å²) >= 11 is 0. The lowest BCUT2D eigenvalue weighted by Crippen LogP contribution is -2.34. The Morgan fingerprint density at radius 1 is 1.28 bits per heavy atom. The van der Waals surface area contributed by atoms with E-state index in [0.717, 1.165) is 55.9 Å². The zero-order valence-electron chi connectivity index (χ0n) is 15.5. The molecule has 0 N–H and O–H groups in total. The largest absolute Gasteiger partial charge is 0.444 e. The quantitative estimate of drug-likeness (QED) is 0.765. The van der Waals surface area contributed by atoms with E-state index in [2.05, 4.69) is 50.6 Å². The average molecular weight is 344 g/mol. The maximum Gasteiger partial charge on any atom is 0.208 e. The number of oxazole rings is 1. The van der Waals surface area contributed by atoms with Gasteiger partial charge in [-0.25, -0.2) is 4.98 Å². The van der Waals surface area contributed by atoms with Gasteiger partial charge >= 0.3 is 0 Å². The third kappa shape index (κ3) is 3.62. The summed E-state index contributed by atoms with van der Waals surface area (Å²) in [5.41, 5.74) is 0. The summed E-state index contributed by atoms with van der Waals surface area (Å²) in [6.07, 6.45) is 6.45. The first kappa shape index (κ1) is 16.7. The Labute approximate surface area is 149 Å². The van der Waals surface area contributed by atoms with Crippen LogP contribution in [-0.2, 0) is 26.6 Å². The van der Waals surface area contributed by atoms with Gasteiger partial charge in [0.15, 0.2) is 0 Å². The van der Waals surface area contributed by atoms with E-state index in [4.69, 9.17) is 4.42 Å². The first-order chi connectivity index (χ1) is 12.1. The molecule has 2 aromatic heterocycles. The summed E-state index contributed by atoms with van der Waals surface area (Å²) in [7, 11) is 4.30. The lowest BCUT2D eigenvalue weighted by atomic mass is 10.2. The lowest BCUT2D eigenvalue weighted by molar-refractivity contribution is 0.210. The zero-order valence-corrected chi connectivity index (χ0v) is 15.5. The molecule has 0 unspecified atom stereocenters. The van der Waals surface area contributed by atoms with Crippen molar-refractivity contribution < 1.29 is 4.42 Å². The maximum atomic E-state index is 5.74. The molecule has 2 fully saturated rings. The van der Waals surface area contributed by atoms with Crippen LogP contribution in [0.4, 0.5) is 0 Å². The first-order valence-corrected chi connectivity index (χ1v) is 9.38. The molecule has 2 aliphatic rings. The van der Waals surface area contributed by atoms with Crippen molar-refractivity contribution in [3.8, 4) is 0 Å². The first-order valence-electron chi connectivity index (χ1n) is 9.38. The molecular weight excluding hydrogens is 316 g/mol. The van der Waals surface area contributed by atoms with E-state index >= 15 is 0 Å². The van der Waals surface area contributed by atoms with Gasteiger partial charge in [0.25, 0.3) is 0 Å². The summed E-state index contributed by atoms with van der Waals surface area (Å²) in [6.45, 7) is 5.89. The molecule has 0 radical (unpaired) electrons. The Morgan fingerprint density at radius 3 is 2.84 bits per heavy atom. The second-order valence-electron chi connectivity index (χ2n) is 7.47. The molecule has 1 saturated carbocycles. The van der Waals surface area contributed by atoms with Gasteiger partial charge in [-0.2, -0.15) is 0 Å². The molecule has 1 aliphatic heterocycles. The van der Waals surface area contributed by atoms with E-state index < -0.39 is 0 Å². The van der Waals surface area contributed by atoms with Gasteiger partial charge in [-0.15, -0.1) is 10.2 Å². The van der Waals surface area contributed by atoms with Crippen LogP contribution in [0.3, 0.4) is 0 Å². The van der Waals surface area contributed by atoms with Gasteiger partial charge in [-0.3, -0.25) is 9.80 Å². The van der Waals surface area contributed by atoms with Crippen molar-refractivity contribution in [1.82, 2.24) is 29.5 Å². The third-order valence-corrected chi connectivity index (χ3v) is 5.51. The topological polar surface area (TPSA) is 63.2 Å². The molecule has 136 valence electrons. The van der Waals surface area contributed by atoms with Crippen LogP contribution in [0.25, 0.3) is 0 Å². The van der Waals surface area contributed by atoms with Crippen molar-refractivity contribution in [3.05, 3.63) is 29.5 Å². The van der Waals surface area contributed by atoms with Crippen LogP contribution in [0, 0.1) is 0 Å². The second kappa shape index (κ2) is 6.88. The smallest absolute Gasteiger partial charge is 0.208 e. The van der Waals surface area contributed by atoms with E-state index in [9.17, 15) is 0 Å². The van der Waals surface area contributed by atoms with Crippen molar-refractivity contribution in [2.45, 2.75) is 57.7 Å². The van der Waals surface area contributed by atoms with Crippen LogP contribution in [0.5, 0.6) is 0 Å². The molecule has 7 nitrogen and oxygen atoms in total. The van der Waals surface area contributed by atoms with Crippen molar-refractivity contribution in [2.75, 3.05) is 20.1 Å². The molecule has 25 heavy (non-hydrogen) atoms. The fraction of sp³-hybridized carbons (Fsp3) is 0.722. The third-order valence-electron chi connectivity index (χ3n) is 5.51. The Bertz CT molecular complexity index is 719. The molecule has 1 aliphatic carbocycles. The highest BCUT2D eigenvalue weighted by Crippen LogP contribution is 2.38. The van der Waals surface area contributed by atoms with Gasteiger partial charge in [-0.05, 0) is 26.3 Å². The standard InChI is InChI=1S/C18H28N6O/c1-4-15-9-19-17(25-15)12-24-8-7-14(10-24)22(2)11-16-20-21-18(23(16)3)13-5-6-13/h9,13-14H,4-8,10-12H2,1-3H3/t14-/m0/s1. The van der Waals surface area contributed by atoms with Gasteiger partial charge in [-0.1, -0.05) is 6.92 Å². The highest BCUT2D eigenvalue weighted by molar-refractivity contribution is 5.08. The minimum Gasteiger partial charge on any atom is -0.444 e. The molecule has 0 amide bonds. The Balaban J connectivity index is 1.31. The van der Waals surface area contributed by atoms with Crippen LogP contribution >= 0.6 is 0 Å². The van der Waals surface area contributed by atoms with Gasteiger partial charge in [0.05, 0.1) is 19.3 Å². The van der Waals surface area contributed by atoms with Crippen molar-refractivity contribution in [3.63, 3.8) is 0 Å². The van der Waals surface area contributed by atoms with Crippen molar-refractivity contribution in [1.29, 1.82) is 0 Å². The highest BCUT2D eigenvalue weighted by Gasteiger charge is 2.31. The van der Waals surface area contributed by atoms with Crippen LogP contribution in [0.2, 0.25) is 0 Å². The number of aryl methyl sites for hydroxylation is 1. The Morgan fingerprint density at radius 2 is 2.12 bits per heavy atom. The van der Waals surface area contributed by atoms with Gasteiger partial charge in [0.1, 0.15) is 17.4 Å². The second-order valence-corrected chi connectivity index (χ2v) is 7.47. The van der Waals surface area contributed by atoms with E-state index in [-0.39, 0.29) is 0 Å². The molecule has 7 heteroatoms. The Hall–Kier alpha value is -1.73. The van der Waals surface area contributed by atoms with Crippen LogP contribution in [0.1, 0.15) is 55.4 Å². The van der Waals surface area contributed by atoms with Crippen LogP contribution in [0.15, 0.2) is 10.6 Å². The summed E-state index contributed by atoms with van der Waals surface area (Å²) < 4.78 is 7.94.